The number of benzene rings is 1. The maximum atomic E-state index is 12.7. The van der Waals surface area contributed by atoms with Gasteiger partial charge in [-0.25, -0.2) is 0 Å². The van der Waals surface area contributed by atoms with Gasteiger partial charge in [-0.3, -0.25) is 9.69 Å². The Labute approximate surface area is 161 Å². The van der Waals surface area contributed by atoms with Crippen LogP contribution in [0.4, 0.5) is 0 Å². The zero-order chi connectivity index (χ0) is 19.3. The number of carbonyl (C=O) groups is 1. The van der Waals surface area contributed by atoms with Crippen LogP contribution in [0.15, 0.2) is 67.3 Å². The van der Waals surface area contributed by atoms with E-state index in [0.717, 1.165) is 11.8 Å². The first-order valence-corrected chi connectivity index (χ1v) is 10.4. The van der Waals surface area contributed by atoms with Crippen molar-refractivity contribution in [3.8, 4) is 0 Å². The van der Waals surface area contributed by atoms with Gasteiger partial charge in [-0.05, 0) is 42.4 Å². The fourth-order valence-corrected chi connectivity index (χ4v) is 4.60. The van der Waals surface area contributed by atoms with E-state index >= 15 is 0 Å². The van der Waals surface area contributed by atoms with Crippen LogP contribution in [0, 0.1) is 0 Å². The van der Waals surface area contributed by atoms with Crippen LogP contribution in [0.3, 0.4) is 0 Å². The number of methoxy groups -OCH3 is 1. The molecule has 0 radical (unpaired) electrons. The summed E-state index contributed by atoms with van der Waals surface area (Å²) in [6.07, 6.45) is 3.64. The summed E-state index contributed by atoms with van der Waals surface area (Å²) in [5.41, 5.74) is 0. The molecule has 1 fully saturated rings. The highest BCUT2D eigenvalue weighted by Gasteiger charge is 2.35. The number of hydrogen-bond donors (Lipinski definition) is 0. The summed E-state index contributed by atoms with van der Waals surface area (Å²) in [6.45, 7) is 0.753. The lowest BCUT2D eigenvalue weighted by molar-refractivity contribution is -0.122. The van der Waals surface area contributed by atoms with Crippen LogP contribution in [-0.4, -0.2) is 44.7 Å². The molecule has 0 spiro atoms. The molecule has 3 rings (SSSR count). The summed E-state index contributed by atoms with van der Waals surface area (Å²) in [7, 11) is -2.36. The first kappa shape index (κ1) is 19.4. The highest BCUT2D eigenvalue weighted by atomic mass is 32.2. The maximum Gasteiger partial charge on any atom is 0.284 e. The molecule has 1 aromatic heterocycles. The summed E-state index contributed by atoms with van der Waals surface area (Å²) in [6, 6.07) is 11.3. The van der Waals surface area contributed by atoms with Gasteiger partial charge in [-0.15, -0.1) is 4.40 Å². The number of nitrogens with zero attached hydrogens (tertiary/aromatic N) is 2. The minimum Gasteiger partial charge on any atom is -0.465 e. The zero-order valence-electron chi connectivity index (χ0n) is 14.6. The smallest absolute Gasteiger partial charge is 0.284 e. The Kier molecular flexibility index (Phi) is 6.15. The van der Waals surface area contributed by atoms with Crippen LogP contribution in [0.2, 0.25) is 0 Å². The van der Waals surface area contributed by atoms with E-state index in [-0.39, 0.29) is 16.0 Å². The molecule has 1 aromatic carbocycles. The van der Waals surface area contributed by atoms with E-state index in [0.29, 0.717) is 30.2 Å². The lowest BCUT2D eigenvalue weighted by Gasteiger charge is -2.14. The number of thioether (sulfide) groups is 1. The lowest BCUT2D eigenvalue weighted by Crippen LogP contribution is -2.31. The topological polar surface area (TPSA) is 89.2 Å². The fourth-order valence-electron chi connectivity index (χ4n) is 2.39. The van der Waals surface area contributed by atoms with Crippen molar-refractivity contribution in [3.63, 3.8) is 0 Å². The Morgan fingerprint density at radius 2 is 2.00 bits per heavy atom. The average Bonchev–Trinajstić information content (AvgIpc) is 3.26. The highest BCUT2D eigenvalue weighted by molar-refractivity contribution is 8.19. The van der Waals surface area contributed by atoms with Gasteiger partial charge in [0.05, 0.1) is 16.1 Å². The molecule has 0 saturated carbocycles. The number of rotatable bonds is 7. The SMILES string of the molecule is COCCCN1C(=O)C(=Cc2ccco2)SC1=NS(=O)(=O)c1ccccc1. The van der Waals surface area contributed by atoms with Crippen molar-refractivity contribution >= 4 is 38.9 Å². The largest absolute Gasteiger partial charge is 0.465 e. The van der Waals surface area contributed by atoms with Gasteiger partial charge in [0.15, 0.2) is 5.17 Å². The van der Waals surface area contributed by atoms with E-state index in [2.05, 4.69) is 4.40 Å². The average molecular weight is 406 g/mol. The van der Waals surface area contributed by atoms with Gasteiger partial charge in [-0.2, -0.15) is 8.42 Å². The van der Waals surface area contributed by atoms with E-state index in [1.165, 1.54) is 23.3 Å². The van der Waals surface area contributed by atoms with Crippen molar-refractivity contribution in [2.75, 3.05) is 20.3 Å². The van der Waals surface area contributed by atoms with Crippen LogP contribution in [0.1, 0.15) is 12.2 Å². The highest BCUT2D eigenvalue weighted by Crippen LogP contribution is 2.33. The van der Waals surface area contributed by atoms with E-state index in [4.69, 9.17) is 9.15 Å². The van der Waals surface area contributed by atoms with E-state index in [9.17, 15) is 13.2 Å². The second-order valence-corrected chi connectivity index (χ2v) is 8.20. The van der Waals surface area contributed by atoms with Crippen molar-refractivity contribution in [2.45, 2.75) is 11.3 Å². The Hall–Kier alpha value is -2.36. The summed E-state index contributed by atoms with van der Waals surface area (Å²) in [5, 5.41) is 0.123. The molecular weight excluding hydrogens is 388 g/mol. The monoisotopic (exact) mass is 406 g/mol. The second kappa shape index (κ2) is 8.55. The van der Waals surface area contributed by atoms with Gasteiger partial charge in [-0.1, -0.05) is 18.2 Å². The number of amides is 1. The third-order valence-corrected chi connectivity index (χ3v) is 6.08. The number of amidine groups is 1. The molecule has 27 heavy (non-hydrogen) atoms. The molecule has 142 valence electrons. The zero-order valence-corrected chi connectivity index (χ0v) is 16.2. The molecule has 0 unspecified atom stereocenters. The lowest BCUT2D eigenvalue weighted by atomic mass is 10.3. The molecule has 2 heterocycles. The summed E-state index contributed by atoms with van der Waals surface area (Å²) in [5.74, 6) is 0.198. The molecule has 9 heteroatoms. The van der Waals surface area contributed by atoms with Gasteiger partial charge in [0.1, 0.15) is 5.76 Å². The van der Waals surface area contributed by atoms with Crippen molar-refractivity contribution in [2.24, 2.45) is 4.40 Å². The van der Waals surface area contributed by atoms with Crippen LogP contribution in [-0.2, 0) is 19.6 Å². The van der Waals surface area contributed by atoms with Gasteiger partial charge in [0, 0.05) is 26.3 Å². The minimum atomic E-state index is -3.92. The predicted octanol–water partition coefficient (Wildman–Crippen LogP) is 2.98. The Morgan fingerprint density at radius 3 is 2.67 bits per heavy atom. The van der Waals surface area contributed by atoms with Crippen molar-refractivity contribution in [1.29, 1.82) is 0 Å². The molecule has 0 bridgehead atoms. The molecule has 1 amide bonds. The third-order valence-electron chi connectivity index (χ3n) is 3.67. The van der Waals surface area contributed by atoms with Gasteiger partial charge in [0.2, 0.25) is 0 Å². The third kappa shape index (κ3) is 4.68. The molecule has 1 aliphatic rings. The summed E-state index contributed by atoms with van der Waals surface area (Å²) < 4.78 is 39.4. The Morgan fingerprint density at radius 1 is 1.22 bits per heavy atom. The number of sulfonamides is 1. The van der Waals surface area contributed by atoms with Crippen molar-refractivity contribution < 1.29 is 22.4 Å². The molecule has 1 saturated heterocycles. The first-order chi connectivity index (χ1) is 13.0. The Balaban J connectivity index is 1.94. The second-order valence-electron chi connectivity index (χ2n) is 5.59. The first-order valence-electron chi connectivity index (χ1n) is 8.15. The van der Waals surface area contributed by atoms with E-state index < -0.39 is 10.0 Å². The van der Waals surface area contributed by atoms with Crippen LogP contribution in [0.5, 0.6) is 0 Å². The fraction of sp³-hybridized carbons (Fsp3) is 0.222. The molecule has 1 aliphatic heterocycles. The normalized spacial score (nSPS) is 18.0. The van der Waals surface area contributed by atoms with Crippen LogP contribution >= 0.6 is 11.8 Å². The van der Waals surface area contributed by atoms with Gasteiger partial charge < -0.3 is 9.15 Å². The molecule has 0 N–H and O–H groups in total. The predicted molar refractivity (Wildman–Crippen MR) is 104 cm³/mol. The molecule has 0 atom stereocenters. The minimum absolute atomic E-state index is 0.0749. The number of ether oxygens (including phenoxy) is 1. The Bertz CT molecular complexity index is 951. The van der Waals surface area contributed by atoms with E-state index in [1.807, 2.05) is 0 Å². The molecule has 7 nitrogen and oxygen atoms in total. The van der Waals surface area contributed by atoms with E-state index in [1.54, 1.807) is 43.5 Å². The van der Waals surface area contributed by atoms with Crippen molar-refractivity contribution in [1.82, 2.24) is 4.90 Å². The number of hydrogen-bond acceptors (Lipinski definition) is 6. The van der Waals surface area contributed by atoms with Crippen molar-refractivity contribution in [3.05, 3.63) is 59.4 Å². The number of carbonyl (C=O) groups excluding carboxylic acids is 1. The number of furan rings is 1. The maximum absolute atomic E-state index is 12.7. The molecule has 2 aromatic rings. The quantitative estimate of drug-likeness (QED) is 0.519. The molecule has 0 aliphatic carbocycles. The van der Waals surface area contributed by atoms with Gasteiger partial charge >= 0.3 is 0 Å². The standard InChI is InChI=1S/C18H18N2O5S2/c1-24-11-6-10-20-17(21)16(13-14-7-5-12-25-14)26-18(20)19-27(22,23)15-8-3-2-4-9-15/h2-5,7-9,12-13H,6,10-11H2,1H3. The van der Waals surface area contributed by atoms with Crippen LogP contribution < -0.4 is 0 Å². The van der Waals surface area contributed by atoms with Crippen LogP contribution in [0.25, 0.3) is 6.08 Å². The van der Waals surface area contributed by atoms with Gasteiger partial charge in [0.25, 0.3) is 15.9 Å². The summed E-state index contributed by atoms with van der Waals surface area (Å²) >= 11 is 1.01. The summed E-state index contributed by atoms with van der Waals surface area (Å²) in [4.78, 5) is 14.5. The molecular formula is C18H18N2O5S2.